The molecule has 1 atom stereocenters. The number of anilines is 1. The molecule has 1 aromatic carbocycles. The van der Waals surface area contributed by atoms with Crippen LogP contribution in [0.15, 0.2) is 69.8 Å². The van der Waals surface area contributed by atoms with Gasteiger partial charge in [0.1, 0.15) is 5.82 Å². The van der Waals surface area contributed by atoms with E-state index < -0.39 is 17.3 Å². The highest BCUT2D eigenvalue weighted by Gasteiger charge is 2.27. The number of hydrogen-bond donors (Lipinski definition) is 1. The van der Waals surface area contributed by atoms with Gasteiger partial charge < -0.3 is 14.6 Å². The summed E-state index contributed by atoms with van der Waals surface area (Å²) in [6, 6.07) is 4.18. The van der Waals surface area contributed by atoms with Gasteiger partial charge in [0, 0.05) is 16.9 Å². The predicted molar refractivity (Wildman–Crippen MR) is 111 cm³/mol. The number of nitrogens with zero attached hydrogens (tertiary/aromatic N) is 3. The van der Waals surface area contributed by atoms with Crippen LogP contribution in [0, 0.1) is 11.7 Å². The van der Waals surface area contributed by atoms with E-state index in [4.69, 9.17) is 16.3 Å². The Hall–Kier alpha value is -3.52. The molecule has 1 aliphatic heterocycles. The van der Waals surface area contributed by atoms with Crippen molar-refractivity contribution >= 4 is 29.7 Å². The van der Waals surface area contributed by atoms with Gasteiger partial charge in [-0.2, -0.15) is 4.98 Å². The molecule has 1 aromatic heterocycles. The van der Waals surface area contributed by atoms with E-state index in [2.05, 4.69) is 15.3 Å². The summed E-state index contributed by atoms with van der Waals surface area (Å²) in [7, 11) is 1.37. The molecule has 0 saturated carbocycles. The number of nitrogens with one attached hydrogen (secondary N) is 1. The number of carbonyl (C=O) groups excluding carboxylic acids is 1. The maximum absolute atomic E-state index is 13.8. The molecule has 7 nitrogen and oxygen atoms in total. The van der Waals surface area contributed by atoms with Crippen molar-refractivity contribution in [2.45, 2.75) is 6.54 Å². The van der Waals surface area contributed by atoms with Crippen molar-refractivity contribution in [1.82, 2.24) is 9.55 Å². The van der Waals surface area contributed by atoms with Gasteiger partial charge in [-0.05, 0) is 41.5 Å². The SMILES string of the molecule is COc1cn(Cc2cc(F)cc(Cl)c2)c(NC2=CC=CC3C(=O)N=CC=C23)nc1=O. The van der Waals surface area contributed by atoms with Crippen molar-refractivity contribution < 1.29 is 13.9 Å². The summed E-state index contributed by atoms with van der Waals surface area (Å²) in [6.45, 7) is 0.176. The number of hydrogen-bond acceptors (Lipinski definition) is 5. The second kappa shape index (κ2) is 8.08. The highest BCUT2D eigenvalue weighted by molar-refractivity contribution is 6.30. The molecule has 0 spiro atoms. The number of aliphatic imine (C=N–C) groups is 1. The fraction of sp³-hybridized carbons (Fsp3) is 0.143. The monoisotopic (exact) mass is 426 g/mol. The topological polar surface area (TPSA) is 85.6 Å². The van der Waals surface area contributed by atoms with Gasteiger partial charge >= 0.3 is 5.56 Å². The summed E-state index contributed by atoms with van der Waals surface area (Å²) >= 11 is 5.96. The molecule has 1 aliphatic carbocycles. The number of carbonyl (C=O) groups is 1. The van der Waals surface area contributed by atoms with E-state index in [-0.39, 0.29) is 29.2 Å². The third kappa shape index (κ3) is 3.95. The van der Waals surface area contributed by atoms with Gasteiger partial charge in [0.15, 0.2) is 0 Å². The first-order valence-electron chi connectivity index (χ1n) is 8.99. The summed E-state index contributed by atoms with van der Waals surface area (Å²) in [4.78, 5) is 32.2. The third-order valence-corrected chi connectivity index (χ3v) is 4.86. The molecule has 152 valence electrons. The van der Waals surface area contributed by atoms with Crippen LogP contribution >= 0.6 is 11.6 Å². The number of rotatable bonds is 5. The Balaban J connectivity index is 1.73. The van der Waals surface area contributed by atoms with Gasteiger partial charge in [-0.3, -0.25) is 9.59 Å². The zero-order chi connectivity index (χ0) is 21.3. The first kappa shape index (κ1) is 19.8. The van der Waals surface area contributed by atoms with Crippen LogP contribution in [-0.2, 0) is 11.3 Å². The van der Waals surface area contributed by atoms with E-state index in [1.165, 1.54) is 31.7 Å². The number of amides is 1. The van der Waals surface area contributed by atoms with E-state index in [0.29, 0.717) is 16.8 Å². The standard InChI is InChI=1S/C21H16ClFN4O3/c1-30-18-11-27(10-12-7-13(22)9-14(23)8-12)21(26-20(18)29)25-17-4-2-3-16-15(17)5-6-24-19(16)28/h2-9,11,16H,10H2,1H3,(H,25,26,29). The lowest BCUT2D eigenvalue weighted by atomic mass is 9.89. The molecule has 1 unspecified atom stereocenters. The summed E-state index contributed by atoms with van der Waals surface area (Å²) in [6.07, 6.45) is 9.91. The molecule has 0 fully saturated rings. The van der Waals surface area contributed by atoms with E-state index in [1.807, 2.05) is 0 Å². The van der Waals surface area contributed by atoms with E-state index in [0.717, 1.165) is 0 Å². The summed E-state index contributed by atoms with van der Waals surface area (Å²) in [5.41, 5.74) is 1.32. The molecular formula is C21H16ClFN4O3. The zero-order valence-corrected chi connectivity index (χ0v) is 16.6. The molecule has 30 heavy (non-hydrogen) atoms. The van der Waals surface area contributed by atoms with Crippen LogP contribution in [0.5, 0.6) is 5.75 Å². The van der Waals surface area contributed by atoms with E-state index in [9.17, 15) is 14.0 Å². The highest BCUT2D eigenvalue weighted by Crippen LogP contribution is 2.29. The van der Waals surface area contributed by atoms with Crippen LogP contribution in [0.25, 0.3) is 0 Å². The zero-order valence-electron chi connectivity index (χ0n) is 15.8. The molecule has 9 heteroatoms. The fourth-order valence-electron chi connectivity index (χ4n) is 3.28. The molecule has 1 amide bonds. The second-order valence-corrected chi connectivity index (χ2v) is 7.09. The number of aromatic nitrogens is 2. The highest BCUT2D eigenvalue weighted by atomic mass is 35.5. The first-order valence-corrected chi connectivity index (χ1v) is 9.37. The van der Waals surface area contributed by atoms with Crippen molar-refractivity contribution in [2.24, 2.45) is 10.9 Å². The number of dihydropyridines is 1. The van der Waals surface area contributed by atoms with Gasteiger partial charge in [0.05, 0.1) is 25.8 Å². The molecule has 1 N–H and O–H groups in total. The summed E-state index contributed by atoms with van der Waals surface area (Å²) < 4.78 is 20.5. The fourth-order valence-corrected chi connectivity index (χ4v) is 3.52. The van der Waals surface area contributed by atoms with Crippen molar-refractivity contribution in [2.75, 3.05) is 12.4 Å². The smallest absolute Gasteiger partial charge is 0.316 e. The molecule has 0 saturated heterocycles. The van der Waals surface area contributed by atoms with Crippen LogP contribution in [0.3, 0.4) is 0 Å². The predicted octanol–water partition coefficient (Wildman–Crippen LogP) is 3.11. The minimum absolute atomic E-state index is 0.0395. The second-order valence-electron chi connectivity index (χ2n) is 6.65. The number of ether oxygens (including phenoxy) is 1. The van der Waals surface area contributed by atoms with Crippen LogP contribution in [0.4, 0.5) is 10.3 Å². The molecule has 2 heterocycles. The average molecular weight is 427 g/mol. The molecule has 0 bridgehead atoms. The maximum atomic E-state index is 13.8. The van der Waals surface area contributed by atoms with Gasteiger partial charge in [0.2, 0.25) is 11.7 Å². The lowest BCUT2D eigenvalue weighted by Crippen LogP contribution is -2.25. The van der Waals surface area contributed by atoms with Crippen LogP contribution < -0.4 is 15.6 Å². The lowest BCUT2D eigenvalue weighted by molar-refractivity contribution is -0.119. The minimum atomic E-state index is -0.563. The van der Waals surface area contributed by atoms with Crippen molar-refractivity contribution in [3.05, 3.63) is 86.7 Å². The Morgan fingerprint density at radius 3 is 2.87 bits per heavy atom. The van der Waals surface area contributed by atoms with Gasteiger partial charge in [-0.25, -0.2) is 9.38 Å². The lowest BCUT2D eigenvalue weighted by Gasteiger charge is -2.24. The number of halogens is 2. The number of fused-ring (bicyclic) bond motifs is 1. The summed E-state index contributed by atoms with van der Waals surface area (Å²) in [5.74, 6) is -0.996. The molecule has 0 radical (unpaired) electrons. The molecule has 4 rings (SSSR count). The number of benzene rings is 1. The maximum Gasteiger partial charge on any atom is 0.316 e. The molecule has 2 aromatic rings. The number of allylic oxidation sites excluding steroid dienone is 4. The normalized spacial score (nSPS) is 17.3. The van der Waals surface area contributed by atoms with Crippen LogP contribution in [-0.4, -0.2) is 28.8 Å². The van der Waals surface area contributed by atoms with Gasteiger partial charge in [-0.15, -0.1) is 0 Å². The molecular weight excluding hydrogens is 411 g/mol. The quantitative estimate of drug-likeness (QED) is 0.794. The Kier molecular flexibility index (Phi) is 5.33. The molecule has 2 aliphatic rings. The Morgan fingerprint density at radius 2 is 2.10 bits per heavy atom. The van der Waals surface area contributed by atoms with Crippen molar-refractivity contribution in [1.29, 1.82) is 0 Å². The Bertz CT molecular complexity index is 1190. The largest absolute Gasteiger partial charge is 0.490 e. The third-order valence-electron chi connectivity index (χ3n) is 4.64. The van der Waals surface area contributed by atoms with Gasteiger partial charge in [0.25, 0.3) is 5.91 Å². The van der Waals surface area contributed by atoms with Crippen molar-refractivity contribution in [3.8, 4) is 5.75 Å². The van der Waals surface area contributed by atoms with Crippen LogP contribution in [0.1, 0.15) is 5.56 Å². The van der Waals surface area contributed by atoms with Gasteiger partial charge in [-0.1, -0.05) is 23.8 Å². The van der Waals surface area contributed by atoms with E-state index >= 15 is 0 Å². The van der Waals surface area contributed by atoms with E-state index in [1.54, 1.807) is 34.9 Å². The summed E-state index contributed by atoms with van der Waals surface area (Å²) in [5, 5.41) is 3.37. The Labute approximate surface area is 175 Å². The first-order chi connectivity index (χ1) is 14.4. The number of methoxy groups -OCH3 is 1. The average Bonchev–Trinajstić information content (AvgIpc) is 2.70. The van der Waals surface area contributed by atoms with Crippen molar-refractivity contribution in [3.63, 3.8) is 0 Å². The minimum Gasteiger partial charge on any atom is -0.490 e. The Morgan fingerprint density at radius 1 is 1.27 bits per heavy atom. The van der Waals surface area contributed by atoms with Crippen LogP contribution in [0.2, 0.25) is 5.02 Å².